The van der Waals surface area contributed by atoms with Crippen molar-refractivity contribution in [2.24, 2.45) is 11.8 Å². The topological polar surface area (TPSA) is 91.7 Å². The summed E-state index contributed by atoms with van der Waals surface area (Å²) in [5.41, 5.74) is 2.51. The van der Waals surface area contributed by atoms with Crippen molar-refractivity contribution in [2.45, 2.75) is 19.4 Å². The summed E-state index contributed by atoms with van der Waals surface area (Å²) >= 11 is 0. The smallest absolute Gasteiger partial charge is 0.268 e. The van der Waals surface area contributed by atoms with Gasteiger partial charge in [0, 0.05) is 6.61 Å². The van der Waals surface area contributed by atoms with Gasteiger partial charge in [0.2, 0.25) is 0 Å². The van der Waals surface area contributed by atoms with E-state index in [-0.39, 0.29) is 12.5 Å². The fourth-order valence-corrected chi connectivity index (χ4v) is 2.21. The first-order valence-corrected chi connectivity index (χ1v) is 6.14. The number of furan rings is 1. The Labute approximate surface area is 106 Å². The summed E-state index contributed by atoms with van der Waals surface area (Å²) in [5.74, 6) is 5.90. The highest BCUT2D eigenvalue weighted by atomic mass is 16.3. The third-order valence-corrected chi connectivity index (χ3v) is 3.39. The van der Waals surface area contributed by atoms with E-state index in [2.05, 4.69) is 10.3 Å². The molecule has 0 radical (unpaired) electrons. The van der Waals surface area contributed by atoms with Gasteiger partial charge in [-0.1, -0.05) is 0 Å². The highest BCUT2D eigenvalue weighted by Crippen LogP contribution is 2.19. The Kier molecular flexibility index (Phi) is 4.35. The Hall–Kier alpha value is -1.37. The number of piperidine rings is 1. The summed E-state index contributed by atoms with van der Waals surface area (Å²) in [6, 6.07) is 1.71. The zero-order valence-electron chi connectivity index (χ0n) is 10.3. The van der Waals surface area contributed by atoms with E-state index in [4.69, 9.17) is 15.4 Å². The van der Waals surface area contributed by atoms with E-state index in [1.165, 1.54) is 6.26 Å². The van der Waals surface area contributed by atoms with Gasteiger partial charge in [-0.05, 0) is 37.9 Å². The lowest BCUT2D eigenvalue weighted by Gasteiger charge is -2.30. The molecule has 1 saturated heterocycles. The number of nitrogens with one attached hydrogen (secondary N) is 1. The second kappa shape index (κ2) is 5.99. The molecule has 6 heteroatoms. The lowest BCUT2D eigenvalue weighted by Crippen LogP contribution is -2.34. The van der Waals surface area contributed by atoms with Crippen LogP contribution in [0.4, 0.5) is 0 Å². The van der Waals surface area contributed by atoms with E-state index in [0.29, 0.717) is 18.0 Å². The molecule has 1 fully saturated rings. The Morgan fingerprint density at radius 3 is 2.89 bits per heavy atom. The van der Waals surface area contributed by atoms with Crippen LogP contribution < -0.4 is 11.3 Å². The highest BCUT2D eigenvalue weighted by Gasteiger charge is 2.19. The van der Waals surface area contributed by atoms with Crippen molar-refractivity contribution in [1.82, 2.24) is 10.3 Å². The number of nitrogen functional groups attached to an aromatic ring is 1. The Bertz CT molecular complexity index is 397. The van der Waals surface area contributed by atoms with Crippen molar-refractivity contribution in [3.63, 3.8) is 0 Å². The van der Waals surface area contributed by atoms with Gasteiger partial charge in [0.1, 0.15) is 12.0 Å². The summed E-state index contributed by atoms with van der Waals surface area (Å²) in [5, 5.41) is 9.07. The number of carbonyl (C=O) groups excluding carboxylic acids is 1. The predicted octanol–water partition coefficient (Wildman–Crippen LogP) is 0.0874. The molecule has 1 aliphatic heterocycles. The largest absolute Gasteiger partial charge is 0.467 e. The molecule has 100 valence electrons. The SMILES string of the molecule is NNC(=O)c1coc(CN2CCC(CO)CC2)c1. The number of nitrogens with zero attached hydrogens (tertiary/aromatic N) is 1. The van der Waals surface area contributed by atoms with Crippen LogP contribution in [0.2, 0.25) is 0 Å². The molecule has 6 nitrogen and oxygen atoms in total. The monoisotopic (exact) mass is 253 g/mol. The molecular weight excluding hydrogens is 234 g/mol. The average Bonchev–Trinajstić information content (AvgIpc) is 2.87. The molecule has 1 amide bonds. The van der Waals surface area contributed by atoms with E-state index in [0.717, 1.165) is 31.7 Å². The minimum atomic E-state index is -0.344. The first-order chi connectivity index (χ1) is 8.72. The van der Waals surface area contributed by atoms with Gasteiger partial charge in [0.05, 0.1) is 12.1 Å². The molecule has 0 aromatic carbocycles. The van der Waals surface area contributed by atoms with Gasteiger partial charge < -0.3 is 9.52 Å². The van der Waals surface area contributed by atoms with Crippen molar-refractivity contribution in [1.29, 1.82) is 0 Å². The van der Waals surface area contributed by atoms with Crippen molar-refractivity contribution >= 4 is 5.91 Å². The number of hydrogen-bond acceptors (Lipinski definition) is 5. The van der Waals surface area contributed by atoms with Crippen molar-refractivity contribution in [3.05, 3.63) is 23.7 Å². The third kappa shape index (κ3) is 3.10. The van der Waals surface area contributed by atoms with E-state index in [9.17, 15) is 4.79 Å². The normalized spacial score (nSPS) is 17.9. The standard InChI is InChI=1S/C12H19N3O3/c13-14-12(17)10-5-11(18-8-10)6-15-3-1-9(7-16)2-4-15/h5,8-9,16H,1-4,6-7,13H2,(H,14,17). The number of amides is 1. The third-order valence-electron chi connectivity index (χ3n) is 3.39. The fourth-order valence-electron chi connectivity index (χ4n) is 2.21. The minimum absolute atomic E-state index is 0.273. The maximum Gasteiger partial charge on any atom is 0.268 e. The maximum absolute atomic E-state index is 11.3. The van der Waals surface area contributed by atoms with Crippen molar-refractivity contribution in [3.8, 4) is 0 Å². The summed E-state index contributed by atoms with van der Waals surface area (Å²) in [6.07, 6.45) is 3.43. The van der Waals surface area contributed by atoms with Crippen LogP contribution in [0, 0.1) is 5.92 Å². The van der Waals surface area contributed by atoms with E-state index < -0.39 is 0 Å². The average molecular weight is 253 g/mol. The van der Waals surface area contributed by atoms with E-state index in [1.54, 1.807) is 6.07 Å². The van der Waals surface area contributed by atoms with Crippen LogP contribution >= 0.6 is 0 Å². The molecule has 0 bridgehead atoms. The number of carbonyl (C=O) groups is 1. The zero-order chi connectivity index (χ0) is 13.0. The van der Waals surface area contributed by atoms with Crippen LogP contribution in [0.1, 0.15) is 29.0 Å². The van der Waals surface area contributed by atoms with Crippen LogP contribution in [0.5, 0.6) is 0 Å². The summed E-state index contributed by atoms with van der Waals surface area (Å²) in [4.78, 5) is 13.5. The predicted molar refractivity (Wildman–Crippen MR) is 65.4 cm³/mol. The molecule has 0 unspecified atom stereocenters. The summed E-state index contributed by atoms with van der Waals surface area (Å²) in [7, 11) is 0. The number of aliphatic hydroxyl groups excluding tert-OH is 1. The van der Waals surface area contributed by atoms with Crippen LogP contribution in [0.15, 0.2) is 16.7 Å². The van der Waals surface area contributed by atoms with Gasteiger partial charge in [-0.2, -0.15) is 0 Å². The zero-order valence-corrected chi connectivity index (χ0v) is 10.3. The highest BCUT2D eigenvalue weighted by molar-refractivity contribution is 5.93. The maximum atomic E-state index is 11.3. The number of hydrazine groups is 1. The van der Waals surface area contributed by atoms with Crippen LogP contribution in [-0.2, 0) is 6.54 Å². The molecule has 0 aliphatic carbocycles. The molecule has 0 saturated carbocycles. The van der Waals surface area contributed by atoms with Crippen LogP contribution in [0.3, 0.4) is 0 Å². The molecule has 1 aromatic rings. The van der Waals surface area contributed by atoms with Gasteiger partial charge in [0.15, 0.2) is 0 Å². The number of nitrogens with two attached hydrogens (primary N) is 1. The van der Waals surface area contributed by atoms with Crippen molar-refractivity contribution in [2.75, 3.05) is 19.7 Å². The van der Waals surface area contributed by atoms with Gasteiger partial charge in [-0.25, -0.2) is 5.84 Å². The fraction of sp³-hybridized carbons (Fsp3) is 0.583. The lowest BCUT2D eigenvalue weighted by atomic mass is 9.98. The molecule has 1 aromatic heterocycles. The molecule has 0 atom stereocenters. The Morgan fingerprint density at radius 1 is 1.56 bits per heavy atom. The second-order valence-electron chi connectivity index (χ2n) is 4.68. The molecular formula is C12H19N3O3. The molecule has 1 aliphatic rings. The number of likely N-dealkylation sites (tertiary alicyclic amines) is 1. The molecule has 2 heterocycles. The quantitative estimate of drug-likeness (QED) is 0.402. The van der Waals surface area contributed by atoms with E-state index in [1.807, 2.05) is 0 Å². The number of rotatable bonds is 4. The molecule has 18 heavy (non-hydrogen) atoms. The lowest BCUT2D eigenvalue weighted by molar-refractivity contribution is 0.0953. The number of hydrogen-bond donors (Lipinski definition) is 3. The summed E-state index contributed by atoms with van der Waals surface area (Å²) in [6.45, 7) is 2.86. The van der Waals surface area contributed by atoms with Gasteiger partial charge in [0.25, 0.3) is 5.91 Å². The van der Waals surface area contributed by atoms with Gasteiger partial charge in [-0.15, -0.1) is 0 Å². The number of aliphatic hydroxyl groups is 1. The van der Waals surface area contributed by atoms with Crippen LogP contribution in [-0.4, -0.2) is 35.6 Å². The minimum Gasteiger partial charge on any atom is -0.467 e. The second-order valence-corrected chi connectivity index (χ2v) is 4.68. The van der Waals surface area contributed by atoms with Crippen LogP contribution in [0.25, 0.3) is 0 Å². The van der Waals surface area contributed by atoms with E-state index >= 15 is 0 Å². The first kappa shape index (κ1) is 13.1. The van der Waals surface area contributed by atoms with Gasteiger partial charge in [-0.3, -0.25) is 15.1 Å². The Balaban J connectivity index is 1.86. The Morgan fingerprint density at radius 2 is 2.28 bits per heavy atom. The van der Waals surface area contributed by atoms with Gasteiger partial charge >= 0.3 is 0 Å². The van der Waals surface area contributed by atoms with Crippen molar-refractivity contribution < 1.29 is 14.3 Å². The summed E-state index contributed by atoms with van der Waals surface area (Å²) < 4.78 is 5.34. The first-order valence-electron chi connectivity index (χ1n) is 6.14. The molecule has 0 spiro atoms. The molecule has 4 N–H and O–H groups in total. The molecule has 2 rings (SSSR count).